The maximum absolute atomic E-state index is 13.3. The van der Waals surface area contributed by atoms with Gasteiger partial charge in [0.25, 0.3) is 5.91 Å². The molecule has 0 radical (unpaired) electrons. The molecule has 1 aliphatic heterocycles. The molecule has 5 rings (SSSR count). The van der Waals surface area contributed by atoms with Gasteiger partial charge in [-0.3, -0.25) is 4.79 Å². The van der Waals surface area contributed by atoms with Gasteiger partial charge < -0.3 is 9.88 Å². The molecule has 3 aromatic rings. The van der Waals surface area contributed by atoms with Crippen LogP contribution in [0.5, 0.6) is 0 Å². The van der Waals surface area contributed by atoms with Crippen LogP contribution in [-0.2, 0) is 0 Å². The molecule has 0 spiro atoms. The number of hydrogen-bond donors (Lipinski definition) is 1. The van der Waals surface area contributed by atoms with E-state index in [1.54, 1.807) is 0 Å². The Hall–Kier alpha value is -3.90. The molecule has 1 saturated heterocycles. The van der Waals surface area contributed by atoms with Crippen molar-refractivity contribution in [3.63, 3.8) is 0 Å². The number of aromatic amines is 1. The SMILES string of the molecule is Cc1ccc(C(=O)N2CCC(c3ccc(C#N)cc3)CC2)cc1-c1[nH]c(C2CC2)nc1C#N. The lowest BCUT2D eigenvalue weighted by Gasteiger charge is -2.32. The summed E-state index contributed by atoms with van der Waals surface area (Å²) in [6, 6.07) is 17.9. The number of rotatable bonds is 4. The first kappa shape index (κ1) is 21.0. The Morgan fingerprint density at radius 2 is 1.73 bits per heavy atom. The number of H-pyrrole nitrogens is 1. The Balaban J connectivity index is 1.33. The zero-order chi connectivity index (χ0) is 22.9. The Morgan fingerprint density at radius 3 is 2.36 bits per heavy atom. The predicted molar refractivity (Wildman–Crippen MR) is 124 cm³/mol. The molecule has 1 amide bonds. The van der Waals surface area contributed by atoms with Gasteiger partial charge in [-0.1, -0.05) is 18.2 Å². The highest BCUT2D eigenvalue weighted by Crippen LogP contribution is 2.40. The van der Waals surface area contributed by atoms with E-state index in [1.165, 1.54) is 5.56 Å². The number of carbonyl (C=O) groups excluding carboxylic acids is 1. The van der Waals surface area contributed by atoms with Crippen LogP contribution in [-0.4, -0.2) is 33.9 Å². The van der Waals surface area contributed by atoms with Gasteiger partial charge in [-0.15, -0.1) is 0 Å². The van der Waals surface area contributed by atoms with Gasteiger partial charge in [0.05, 0.1) is 17.3 Å². The summed E-state index contributed by atoms with van der Waals surface area (Å²) in [5.41, 5.74) is 5.52. The zero-order valence-corrected chi connectivity index (χ0v) is 18.6. The maximum Gasteiger partial charge on any atom is 0.253 e. The highest BCUT2D eigenvalue weighted by Gasteiger charge is 2.29. The number of benzene rings is 2. The quantitative estimate of drug-likeness (QED) is 0.622. The number of nitriles is 2. The fraction of sp³-hybridized carbons (Fsp3) is 0.333. The number of nitrogens with one attached hydrogen (secondary N) is 1. The van der Waals surface area contributed by atoms with Gasteiger partial charge in [-0.2, -0.15) is 10.5 Å². The van der Waals surface area contributed by atoms with E-state index in [-0.39, 0.29) is 5.91 Å². The van der Waals surface area contributed by atoms with Gasteiger partial charge >= 0.3 is 0 Å². The van der Waals surface area contributed by atoms with E-state index in [4.69, 9.17) is 5.26 Å². The lowest BCUT2D eigenvalue weighted by atomic mass is 9.88. The molecule has 1 N–H and O–H groups in total. The first-order chi connectivity index (χ1) is 16.1. The summed E-state index contributed by atoms with van der Waals surface area (Å²) < 4.78 is 0. The van der Waals surface area contributed by atoms with Crippen LogP contribution >= 0.6 is 0 Å². The Morgan fingerprint density at radius 1 is 1.00 bits per heavy atom. The summed E-state index contributed by atoms with van der Waals surface area (Å²) in [5.74, 6) is 1.73. The van der Waals surface area contributed by atoms with Gasteiger partial charge in [0, 0.05) is 30.1 Å². The molecule has 2 fully saturated rings. The van der Waals surface area contributed by atoms with Crippen LogP contribution in [0, 0.1) is 29.6 Å². The fourth-order valence-corrected chi connectivity index (χ4v) is 4.67. The number of nitrogens with zero attached hydrogens (tertiary/aromatic N) is 4. The third-order valence-electron chi connectivity index (χ3n) is 6.84. The Kier molecular flexibility index (Phi) is 5.44. The molecule has 2 aromatic carbocycles. The normalized spacial score (nSPS) is 16.3. The number of imidazole rings is 1. The van der Waals surface area contributed by atoms with Crippen molar-refractivity contribution >= 4 is 5.91 Å². The van der Waals surface area contributed by atoms with Crippen LogP contribution in [0.2, 0.25) is 0 Å². The first-order valence-corrected chi connectivity index (χ1v) is 11.5. The second-order valence-corrected chi connectivity index (χ2v) is 9.06. The van der Waals surface area contributed by atoms with Gasteiger partial charge in [0.1, 0.15) is 11.9 Å². The predicted octanol–water partition coefficient (Wildman–Crippen LogP) is 5.03. The van der Waals surface area contributed by atoms with Crippen molar-refractivity contribution in [1.82, 2.24) is 14.9 Å². The minimum Gasteiger partial charge on any atom is -0.341 e. The summed E-state index contributed by atoms with van der Waals surface area (Å²) in [7, 11) is 0. The molecular formula is C27H25N5O. The average molecular weight is 436 g/mol. The number of piperidine rings is 1. The first-order valence-electron chi connectivity index (χ1n) is 11.5. The standard InChI is InChI=1S/C27H25N5O/c1-17-2-5-22(14-23(17)25-24(16-29)30-26(31-25)21-8-9-21)27(33)32-12-10-20(11-13-32)19-6-3-18(15-28)4-7-19/h2-7,14,20-21H,8-13H2,1H3,(H,30,31). The van der Waals surface area contributed by atoms with Crippen LogP contribution in [0.3, 0.4) is 0 Å². The molecule has 6 nitrogen and oxygen atoms in total. The summed E-state index contributed by atoms with van der Waals surface area (Å²) in [6.45, 7) is 3.39. The monoisotopic (exact) mass is 435 g/mol. The summed E-state index contributed by atoms with van der Waals surface area (Å²) in [6.07, 6.45) is 4.02. The molecule has 0 bridgehead atoms. The number of hydrogen-bond acceptors (Lipinski definition) is 4. The van der Waals surface area contributed by atoms with E-state index < -0.39 is 0 Å². The molecule has 1 aromatic heterocycles. The van der Waals surface area contributed by atoms with E-state index in [9.17, 15) is 10.1 Å². The molecular weight excluding hydrogens is 410 g/mol. The van der Waals surface area contributed by atoms with Crippen LogP contribution in [0.25, 0.3) is 11.3 Å². The summed E-state index contributed by atoms with van der Waals surface area (Å²) >= 11 is 0. The smallest absolute Gasteiger partial charge is 0.253 e. The average Bonchev–Trinajstić information content (AvgIpc) is 3.63. The number of likely N-dealkylation sites (tertiary alicyclic amines) is 1. The van der Waals surface area contributed by atoms with Gasteiger partial charge in [0.15, 0.2) is 5.69 Å². The third-order valence-corrected chi connectivity index (χ3v) is 6.84. The minimum absolute atomic E-state index is 0.0231. The van der Waals surface area contributed by atoms with Crippen molar-refractivity contribution < 1.29 is 4.79 Å². The van der Waals surface area contributed by atoms with Gasteiger partial charge in [-0.25, -0.2) is 4.98 Å². The van der Waals surface area contributed by atoms with Crippen molar-refractivity contribution in [2.45, 2.75) is 44.4 Å². The van der Waals surface area contributed by atoms with Crippen LogP contribution in [0.15, 0.2) is 42.5 Å². The van der Waals surface area contributed by atoms with E-state index in [0.29, 0.717) is 47.4 Å². The maximum atomic E-state index is 13.3. The van der Waals surface area contributed by atoms with Crippen LogP contribution in [0.1, 0.15) is 76.1 Å². The van der Waals surface area contributed by atoms with Crippen molar-refractivity contribution in [3.05, 3.63) is 76.2 Å². The topological polar surface area (TPSA) is 96.6 Å². The van der Waals surface area contributed by atoms with Crippen LogP contribution < -0.4 is 0 Å². The molecule has 6 heteroatoms. The highest BCUT2D eigenvalue weighted by molar-refractivity contribution is 5.96. The van der Waals surface area contributed by atoms with Crippen molar-refractivity contribution in [2.24, 2.45) is 0 Å². The summed E-state index contributed by atoms with van der Waals surface area (Å²) in [4.78, 5) is 23.1. The molecule has 1 saturated carbocycles. The van der Waals surface area contributed by atoms with E-state index in [2.05, 4.69) is 22.1 Å². The van der Waals surface area contributed by atoms with E-state index >= 15 is 0 Å². The highest BCUT2D eigenvalue weighted by atomic mass is 16.2. The Labute approximate surface area is 193 Å². The second-order valence-electron chi connectivity index (χ2n) is 9.06. The second kappa shape index (κ2) is 8.56. The van der Waals surface area contributed by atoms with Gasteiger partial charge in [-0.05, 0) is 73.9 Å². The van der Waals surface area contributed by atoms with Gasteiger partial charge in [0.2, 0.25) is 0 Å². The van der Waals surface area contributed by atoms with E-state index in [1.807, 2.05) is 54.3 Å². The van der Waals surface area contributed by atoms with Crippen molar-refractivity contribution in [2.75, 3.05) is 13.1 Å². The molecule has 1 aliphatic carbocycles. The molecule has 2 heterocycles. The lowest BCUT2D eigenvalue weighted by molar-refractivity contribution is 0.0713. The summed E-state index contributed by atoms with van der Waals surface area (Å²) in [5, 5.41) is 18.6. The molecule has 2 aliphatic rings. The third kappa shape index (κ3) is 4.13. The number of aromatic nitrogens is 2. The van der Waals surface area contributed by atoms with Crippen LogP contribution in [0.4, 0.5) is 0 Å². The Bertz CT molecular complexity index is 1280. The number of aryl methyl sites for hydroxylation is 1. The molecule has 0 atom stereocenters. The van der Waals surface area contributed by atoms with E-state index in [0.717, 1.165) is 42.6 Å². The minimum atomic E-state index is 0.0231. The molecule has 33 heavy (non-hydrogen) atoms. The lowest BCUT2D eigenvalue weighted by Crippen LogP contribution is -2.37. The zero-order valence-electron chi connectivity index (χ0n) is 18.6. The fourth-order valence-electron chi connectivity index (χ4n) is 4.67. The van der Waals surface area contributed by atoms with Crippen molar-refractivity contribution in [3.8, 4) is 23.4 Å². The molecule has 0 unspecified atom stereocenters. The number of amides is 1. The number of carbonyl (C=O) groups is 1. The van der Waals surface area contributed by atoms with Crippen molar-refractivity contribution in [1.29, 1.82) is 10.5 Å². The largest absolute Gasteiger partial charge is 0.341 e. The molecule has 164 valence electrons.